The third-order valence-electron chi connectivity index (χ3n) is 2.67. The van der Waals surface area contributed by atoms with Gasteiger partial charge in [0.1, 0.15) is 0 Å². The molecule has 1 aliphatic rings. The lowest BCUT2D eigenvalue weighted by Gasteiger charge is -2.21. The van der Waals surface area contributed by atoms with Crippen molar-refractivity contribution in [3.8, 4) is 0 Å². The molecule has 1 heterocycles. The van der Waals surface area contributed by atoms with Crippen molar-refractivity contribution < 1.29 is 14.2 Å². The van der Waals surface area contributed by atoms with Crippen LogP contribution in [-0.4, -0.2) is 51.7 Å². The van der Waals surface area contributed by atoms with Crippen molar-refractivity contribution in [2.75, 3.05) is 33.5 Å². The molecule has 1 fully saturated rings. The van der Waals surface area contributed by atoms with Crippen LogP contribution < -0.4 is 5.32 Å². The molecular weight excluding hydrogens is 194 g/mol. The first-order chi connectivity index (χ1) is 7.24. The SMILES string of the molecule is COCCOCC(C)NC1CCOC1C. The summed E-state index contributed by atoms with van der Waals surface area (Å²) in [5.41, 5.74) is 0. The van der Waals surface area contributed by atoms with Crippen LogP contribution in [0.3, 0.4) is 0 Å². The largest absolute Gasteiger partial charge is 0.382 e. The number of nitrogens with one attached hydrogen (secondary N) is 1. The van der Waals surface area contributed by atoms with Crippen LogP contribution in [0.1, 0.15) is 20.3 Å². The average molecular weight is 217 g/mol. The second-order valence-electron chi connectivity index (χ2n) is 4.11. The van der Waals surface area contributed by atoms with Gasteiger partial charge in [-0.15, -0.1) is 0 Å². The van der Waals surface area contributed by atoms with E-state index >= 15 is 0 Å². The van der Waals surface area contributed by atoms with Crippen molar-refractivity contribution >= 4 is 0 Å². The van der Waals surface area contributed by atoms with E-state index in [0.29, 0.717) is 31.4 Å². The van der Waals surface area contributed by atoms with Crippen LogP contribution in [0, 0.1) is 0 Å². The fourth-order valence-electron chi connectivity index (χ4n) is 1.77. The Morgan fingerprint density at radius 1 is 1.47 bits per heavy atom. The van der Waals surface area contributed by atoms with Crippen LogP contribution in [0.25, 0.3) is 0 Å². The molecular formula is C11H23NO3. The predicted octanol–water partition coefficient (Wildman–Crippen LogP) is 0.805. The number of hydrogen-bond acceptors (Lipinski definition) is 4. The normalized spacial score (nSPS) is 28.2. The lowest BCUT2D eigenvalue weighted by atomic mass is 10.1. The Bertz CT molecular complexity index is 166. The van der Waals surface area contributed by atoms with Gasteiger partial charge in [0.2, 0.25) is 0 Å². The summed E-state index contributed by atoms with van der Waals surface area (Å²) < 4.78 is 15.8. The van der Waals surface area contributed by atoms with Gasteiger partial charge in [-0.2, -0.15) is 0 Å². The lowest BCUT2D eigenvalue weighted by molar-refractivity contribution is 0.0558. The molecule has 0 aromatic heterocycles. The zero-order valence-electron chi connectivity index (χ0n) is 9.99. The van der Waals surface area contributed by atoms with Crippen LogP contribution >= 0.6 is 0 Å². The van der Waals surface area contributed by atoms with Crippen LogP contribution in [-0.2, 0) is 14.2 Å². The first kappa shape index (κ1) is 12.9. The monoisotopic (exact) mass is 217 g/mol. The smallest absolute Gasteiger partial charge is 0.0701 e. The average Bonchev–Trinajstić information content (AvgIpc) is 2.59. The quantitative estimate of drug-likeness (QED) is 0.640. The summed E-state index contributed by atoms with van der Waals surface area (Å²) in [6.45, 7) is 7.18. The molecule has 1 aliphatic heterocycles. The second-order valence-corrected chi connectivity index (χ2v) is 4.11. The van der Waals surface area contributed by atoms with E-state index in [9.17, 15) is 0 Å². The summed E-state index contributed by atoms with van der Waals surface area (Å²) in [4.78, 5) is 0. The zero-order valence-corrected chi connectivity index (χ0v) is 9.99. The molecule has 4 nitrogen and oxygen atoms in total. The Kier molecular flexibility index (Phi) is 6.17. The van der Waals surface area contributed by atoms with E-state index in [1.807, 2.05) is 0 Å². The van der Waals surface area contributed by atoms with E-state index in [0.717, 1.165) is 19.6 Å². The molecule has 0 aliphatic carbocycles. The Morgan fingerprint density at radius 3 is 2.87 bits per heavy atom. The highest BCUT2D eigenvalue weighted by atomic mass is 16.5. The van der Waals surface area contributed by atoms with E-state index in [1.54, 1.807) is 7.11 Å². The molecule has 1 saturated heterocycles. The Labute approximate surface area is 92.3 Å². The molecule has 0 aromatic carbocycles. The number of hydrogen-bond donors (Lipinski definition) is 1. The summed E-state index contributed by atoms with van der Waals surface area (Å²) in [7, 11) is 1.68. The van der Waals surface area contributed by atoms with Gasteiger partial charge in [-0.25, -0.2) is 0 Å². The fraction of sp³-hybridized carbons (Fsp3) is 1.00. The first-order valence-corrected chi connectivity index (χ1v) is 5.68. The van der Waals surface area contributed by atoms with E-state index in [1.165, 1.54) is 0 Å². The lowest BCUT2D eigenvalue weighted by Crippen LogP contribution is -2.42. The van der Waals surface area contributed by atoms with Crippen molar-refractivity contribution in [3.05, 3.63) is 0 Å². The van der Waals surface area contributed by atoms with E-state index < -0.39 is 0 Å². The van der Waals surface area contributed by atoms with Gasteiger partial charge < -0.3 is 19.5 Å². The Balaban J connectivity index is 2.04. The molecule has 15 heavy (non-hydrogen) atoms. The molecule has 0 aromatic rings. The van der Waals surface area contributed by atoms with Gasteiger partial charge >= 0.3 is 0 Å². The summed E-state index contributed by atoms with van der Waals surface area (Å²) in [6.07, 6.45) is 1.43. The van der Waals surface area contributed by atoms with Gasteiger partial charge in [-0.05, 0) is 20.3 Å². The summed E-state index contributed by atoms with van der Waals surface area (Å²) in [5, 5.41) is 3.51. The highest BCUT2D eigenvalue weighted by molar-refractivity contribution is 4.81. The Morgan fingerprint density at radius 2 is 2.27 bits per heavy atom. The van der Waals surface area contributed by atoms with E-state index in [4.69, 9.17) is 14.2 Å². The minimum absolute atomic E-state index is 0.325. The standard InChI is InChI=1S/C11H23NO3/c1-9(8-14-7-6-13-3)12-11-4-5-15-10(11)2/h9-12H,4-8H2,1-3H3. The maximum atomic E-state index is 5.49. The summed E-state index contributed by atoms with van der Waals surface area (Å²) in [6, 6.07) is 0.849. The molecule has 1 N–H and O–H groups in total. The fourth-order valence-corrected chi connectivity index (χ4v) is 1.77. The molecule has 4 heteroatoms. The number of ether oxygens (including phenoxy) is 3. The van der Waals surface area contributed by atoms with Gasteiger partial charge in [0.15, 0.2) is 0 Å². The number of rotatable bonds is 7. The molecule has 1 rings (SSSR count). The highest BCUT2D eigenvalue weighted by Gasteiger charge is 2.24. The molecule has 0 amide bonds. The van der Waals surface area contributed by atoms with E-state index in [-0.39, 0.29) is 0 Å². The van der Waals surface area contributed by atoms with Crippen molar-refractivity contribution in [2.45, 2.75) is 38.5 Å². The molecule has 90 valence electrons. The van der Waals surface area contributed by atoms with Crippen LogP contribution in [0.5, 0.6) is 0 Å². The third kappa shape index (κ3) is 4.93. The van der Waals surface area contributed by atoms with Crippen molar-refractivity contribution in [1.29, 1.82) is 0 Å². The summed E-state index contributed by atoms with van der Waals surface area (Å²) >= 11 is 0. The van der Waals surface area contributed by atoms with Gasteiger partial charge in [-0.1, -0.05) is 0 Å². The van der Waals surface area contributed by atoms with Gasteiger partial charge in [0.25, 0.3) is 0 Å². The molecule has 0 radical (unpaired) electrons. The van der Waals surface area contributed by atoms with E-state index in [2.05, 4.69) is 19.2 Å². The molecule has 3 atom stereocenters. The topological polar surface area (TPSA) is 39.7 Å². The highest BCUT2D eigenvalue weighted by Crippen LogP contribution is 2.13. The van der Waals surface area contributed by atoms with Gasteiger partial charge in [-0.3, -0.25) is 0 Å². The van der Waals surface area contributed by atoms with Crippen molar-refractivity contribution in [1.82, 2.24) is 5.32 Å². The zero-order chi connectivity index (χ0) is 11.1. The first-order valence-electron chi connectivity index (χ1n) is 5.68. The molecule has 0 bridgehead atoms. The minimum atomic E-state index is 0.325. The van der Waals surface area contributed by atoms with Crippen LogP contribution in [0.4, 0.5) is 0 Å². The maximum Gasteiger partial charge on any atom is 0.0701 e. The predicted molar refractivity (Wildman–Crippen MR) is 59.1 cm³/mol. The van der Waals surface area contributed by atoms with Crippen LogP contribution in [0.15, 0.2) is 0 Å². The number of methoxy groups -OCH3 is 1. The summed E-state index contributed by atoms with van der Waals surface area (Å²) in [5.74, 6) is 0. The van der Waals surface area contributed by atoms with Gasteiger partial charge in [0, 0.05) is 25.8 Å². The van der Waals surface area contributed by atoms with Crippen molar-refractivity contribution in [3.63, 3.8) is 0 Å². The second kappa shape index (κ2) is 7.17. The minimum Gasteiger partial charge on any atom is -0.382 e. The molecule has 0 spiro atoms. The maximum absolute atomic E-state index is 5.49. The third-order valence-corrected chi connectivity index (χ3v) is 2.67. The van der Waals surface area contributed by atoms with Crippen molar-refractivity contribution in [2.24, 2.45) is 0 Å². The van der Waals surface area contributed by atoms with Gasteiger partial charge in [0.05, 0.1) is 25.9 Å². The molecule has 3 unspecified atom stereocenters. The van der Waals surface area contributed by atoms with Crippen LogP contribution in [0.2, 0.25) is 0 Å². The molecule has 0 saturated carbocycles. The Hall–Kier alpha value is -0.160.